The number of benzene rings is 1. The fraction of sp³-hybridized carbons (Fsp3) is 0.333. The van der Waals surface area contributed by atoms with Crippen molar-refractivity contribution in [3.8, 4) is 5.75 Å². The second-order valence-corrected chi connectivity index (χ2v) is 3.92. The lowest BCUT2D eigenvalue weighted by Crippen LogP contribution is -2.28. The van der Waals surface area contributed by atoms with Crippen LogP contribution in [0.4, 0.5) is 5.69 Å². The summed E-state index contributed by atoms with van der Waals surface area (Å²) < 4.78 is 5.48. The molecule has 90 valence electrons. The van der Waals surface area contributed by atoms with Crippen LogP contribution in [-0.4, -0.2) is 18.1 Å². The minimum atomic E-state index is -0.402. The normalized spacial score (nSPS) is 18.4. The predicted molar refractivity (Wildman–Crippen MR) is 64.1 cm³/mol. The molecule has 1 aromatic carbocycles. The zero-order chi connectivity index (χ0) is 12.4. The smallest absolute Gasteiger partial charge is 0.270 e. The Morgan fingerprint density at radius 1 is 1.65 bits per heavy atom. The minimum absolute atomic E-state index is 0.0661. The number of nitrogens with one attached hydrogen (secondary N) is 1. The lowest BCUT2D eigenvalue weighted by Gasteiger charge is -2.28. The molecule has 0 fully saturated rings. The van der Waals surface area contributed by atoms with Crippen molar-refractivity contribution in [2.24, 2.45) is 0 Å². The van der Waals surface area contributed by atoms with Gasteiger partial charge in [-0.3, -0.25) is 10.1 Å². The van der Waals surface area contributed by atoms with Crippen LogP contribution in [0.2, 0.25) is 0 Å². The van der Waals surface area contributed by atoms with Crippen molar-refractivity contribution in [3.05, 3.63) is 46.0 Å². The van der Waals surface area contributed by atoms with Crippen molar-refractivity contribution in [3.63, 3.8) is 0 Å². The standard InChI is InChI=1S/C12H14N2O3/c1-3-13-12-8(2)7-17-11-5-4-9(14(15)16)6-10(11)12/h4-6,12-13H,2-3,7H2,1H3. The van der Waals surface area contributed by atoms with Gasteiger partial charge in [-0.25, -0.2) is 0 Å². The number of nitro benzene ring substituents is 1. The third-order valence-electron chi connectivity index (χ3n) is 2.74. The molecule has 0 amide bonds. The number of hydrogen-bond acceptors (Lipinski definition) is 4. The largest absolute Gasteiger partial charge is 0.489 e. The average molecular weight is 234 g/mol. The predicted octanol–water partition coefficient (Wildman–Crippen LogP) is 2.19. The third kappa shape index (κ3) is 2.14. The average Bonchev–Trinajstić information content (AvgIpc) is 2.32. The molecule has 1 unspecified atom stereocenters. The number of rotatable bonds is 3. The van der Waals surface area contributed by atoms with E-state index in [0.717, 1.165) is 17.7 Å². The number of likely N-dealkylation sites (N-methyl/N-ethyl adjacent to an activating group) is 1. The Kier molecular flexibility index (Phi) is 3.10. The molecule has 0 aromatic heterocycles. The first kappa shape index (κ1) is 11.6. The molecule has 1 aliphatic heterocycles. The lowest BCUT2D eigenvalue weighted by molar-refractivity contribution is -0.385. The van der Waals surface area contributed by atoms with E-state index in [1.54, 1.807) is 12.1 Å². The highest BCUT2D eigenvalue weighted by Gasteiger charge is 2.25. The van der Waals surface area contributed by atoms with Gasteiger partial charge in [-0.2, -0.15) is 0 Å². The SMILES string of the molecule is C=C1COc2ccc([N+](=O)[O-])cc2C1NCC. The summed E-state index contributed by atoms with van der Waals surface area (Å²) >= 11 is 0. The van der Waals surface area contributed by atoms with Crippen LogP contribution in [0.1, 0.15) is 18.5 Å². The molecule has 2 rings (SSSR count). The summed E-state index contributed by atoms with van der Waals surface area (Å²) in [4.78, 5) is 10.4. The molecule has 1 atom stereocenters. The summed E-state index contributed by atoms with van der Waals surface area (Å²) in [5.41, 5.74) is 1.75. The molecule has 0 spiro atoms. The maximum Gasteiger partial charge on any atom is 0.270 e. The minimum Gasteiger partial charge on any atom is -0.489 e. The molecule has 1 N–H and O–H groups in total. The molecule has 0 bridgehead atoms. The van der Waals surface area contributed by atoms with Gasteiger partial charge in [0, 0.05) is 17.7 Å². The Morgan fingerprint density at radius 2 is 2.41 bits per heavy atom. The quantitative estimate of drug-likeness (QED) is 0.494. The van der Waals surface area contributed by atoms with Gasteiger partial charge in [0.15, 0.2) is 0 Å². The summed E-state index contributed by atoms with van der Waals surface area (Å²) in [5.74, 6) is 0.689. The zero-order valence-electron chi connectivity index (χ0n) is 9.60. The molecule has 17 heavy (non-hydrogen) atoms. The molecule has 1 aromatic rings. The highest BCUT2D eigenvalue weighted by atomic mass is 16.6. The van der Waals surface area contributed by atoms with Crippen LogP contribution >= 0.6 is 0 Å². The number of ether oxygens (including phenoxy) is 1. The number of nitro groups is 1. The van der Waals surface area contributed by atoms with Crippen LogP contribution in [0.25, 0.3) is 0 Å². The van der Waals surface area contributed by atoms with E-state index in [9.17, 15) is 10.1 Å². The van der Waals surface area contributed by atoms with Gasteiger partial charge < -0.3 is 10.1 Å². The van der Waals surface area contributed by atoms with Gasteiger partial charge in [0.05, 0.1) is 11.0 Å². The summed E-state index contributed by atoms with van der Waals surface area (Å²) in [6.45, 7) is 7.13. The molecule has 0 saturated carbocycles. The molecule has 0 saturated heterocycles. The third-order valence-corrected chi connectivity index (χ3v) is 2.74. The van der Waals surface area contributed by atoms with Crippen molar-refractivity contribution < 1.29 is 9.66 Å². The first-order chi connectivity index (χ1) is 8.13. The van der Waals surface area contributed by atoms with E-state index in [2.05, 4.69) is 11.9 Å². The van der Waals surface area contributed by atoms with Gasteiger partial charge in [-0.05, 0) is 18.2 Å². The van der Waals surface area contributed by atoms with Crippen molar-refractivity contribution in [1.82, 2.24) is 5.32 Å². The van der Waals surface area contributed by atoms with Gasteiger partial charge in [0.1, 0.15) is 12.4 Å². The lowest BCUT2D eigenvalue weighted by atomic mass is 9.96. The van der Waals surface area contributed by atoms with Crippen molar-refractivity contribution >= 4 is 5.69 Å². The number of fused-ring (bicyclic) bond motifs is 1. The van der Waals surface area contributed by atoms with Gasteiger partial charge in [0.2, 0.25) is 0 Å². The van der Waals surface area contributed by atoms with E-state index >= 15 is 0 Å². The van der Waals surface area contributed by atoms with E-state index in [4.69, 9.17) is 4.74 Å². The van der Waals surface area contributed by atoms with E-state index < -0.39 is 4.92 Å². The first-order valence-corrected chi connectivity index (χ1v) is 5.45. The number of nitrogens with zero attached hydrogens (tertiary/aromatic N) is 1. The molecular weight excluding hydrogens is 220 g/mol. The van der Waals surface area contributed by atoms with Gasteiger partial charge in [-0.1, -0.05) is 13.5 Å². The summed E-state index contributed by atoms with van der Waals surface area (Å²) in [6.07, 6.45) is 0. The Morgan fingerprint density at radius 3 is 3.06 bits per heavy atom. The van der Waals surface area contributed by atoms with E-state index in [1.165, 1.54) is 6.07 Å². The monoisotopic (exact) mass is 234 g/mol. The van der Waals surface area contributed by atoms with Crippen LogP contribution in [-0.2, 0) is 0 Å². The number of non-ortho nitro benzene ring substituents is 1. The second kappa shape index (κ2) is 4.55. The molecule has 0 radical (unpaired) electrons. The van der Waals surface area contributed by atoms with Gasteiger partial charge >= 0.3 is 0 Å². The Hall–Kier alpha value is -1.88. The van der Waals surface area contributed by atoms with Crippen LogP contribution in [0.3, 0.4) is 0 Å². The summed E-state index contributed by atoms with van der Waals surface area (Å²) in [6, 6.07) is 4.58. The Balaban J connectivity index is 2.44. The van der Waals surface area contributed by atoms with Crippen LogP contribution in [0, 0.1) is 10.1 Å². The zero-order valence-corrected chi connectivity index (χ0v) is 9.60. The van der Waals surface area contributed by atoms with Crippen LogP contribution < -0.4 is 10.1 Å². The van der Waals surface area contributed by atoms with Crippen LogP contribution in [0.5, 0.6) is 5.75 Å². The second-order valence-electron chi connectivity index (χ2n) is 3.92. The Bertz CT molecular complexity index is 471. The maximum atomic E-state index is 10.8. The molecule has 1 aliphatic rings. The Labute approximate surface area is 99.2 Å². The molecule has 5 nitrogen and oxygen atoms in total. The first-order valence-electron chi connectivity index (χ1n) is 5.45. The van der Waals surface area contributed by atoms with Crippen molar-refractivity contribution in [1.29, 1.82) is 0 Å². The van der Waals surface area contributed by atoms with Gasteiger partial charge in [-0.15, -0.1) is 0 Å². The molecular formula is C12H14N2O3. The highest BCUT2D eigenvalue weighted by molar-refractivity contribution is 5.49. The molecule has 1 heterocycles. The van der Waals surface area contributed by atoms with E-state index in [-0.39, 0.29) is 11.7 Å². The van der Waals surface area contributed by atoms with Gasteiger partial charge in [0.25, 0.3) is 5.69 Å². The molecule has 5 heteroatoms. The number of hydrogen-bond donors (Lipinski definition) is 1. The summed E-state index contributed by atoms with van der Waals surface area (Å²) in [5, 5.41) is 14.0. The van der Waals surface area contributed by atoms with Crippen LogP contribution in [0.15, 0.2) is 30.4 Å². The highest BCUT2D eigenvalue weighted by Crippen LogP contribution is 2.36. The van der Waals surface area contributed by atoms with Crippen molar-refractivity contribution in [2.45, 2.75) is 13.0 Å². The topological polar surface area (TPSA) is 64.4 Å². The maximum absolute atomic E-state index is 10.8. The fourth-order valence-corrected chi connectivity index (χ4v) is 1.94. The molecule has 0 aliphatic carbocycles. The van der Waals surface area contributed by atoms with E-state index in [0.29, 0.717) is 12.4 Å². The van der Waals surface area contributed by atoms with Crippen molar-refractivity contribution in [2.75, 3.05) is 13.2 Å². The summed E-state index contributed by atoms with van der Waals surface area (Å²) in [7, 11) is 0. The van der Waals surface area contributed by atoms with E-state index in [1.807, 2.05) is 6.92 Å². The fourth-order valence-electron chi connectivity index (χ4n) is 1.94.